The van der Waals surface area contributed by atoms with Gasteiger partial charge in [-0.3, -0.25) is 14.5 Å². The summed E-state index contributed by atoms with van der Waals surface area (Å²) in [6.45, 7) is 0. The first-order valence-corrected chi connectivity index (χ1v) is 11.4. The number of aromatic nitrogens is 3. The molecule has 2 aromatic heterocycles. The number of carboxylic acid groups (broad SMARTS) is 1. The zero-order chi connectivity index (χ0) is 21.6. The highest BCUT2D eigenvalue weighted by Gasteiger charge is 2.54. The number of β-lactam (4-membered cyclic amide) rings is 1. The van der Waals surface area contributed by atoms with Crippen LogP contribution in [0.3, 0.4) is 0 Å². The molecule has 1 unspecified atom stereocenters. The van der Waals surface area contributed by atoms with Crippen LogP contribution >= 0.6 is 34.4 Å². The van der Waals surface area contributed by atoms with Gasteiger partial charge in [0.25, 0.3) is 5.91 Å². The first kappa shape index (κ1) is 20.6. The minimum atomic E-state index is -1.21. The predicted molar refractivity (Wildman–Crippen MR) is 114 cm³/mol. The molecule has 11 nitrogen and oxygen atoms in total. The molecule has 2 aliphatic rings. The number of rotatable bonds is 6. The van der Waals surface area contributed by atoms with E-state index in [1.165, 1.54) is 39.3 Å². The average Bonchev–Trinajstić information content (AvgIpc) is 3.34. The van der Waals surface area contributed by atoms with Crippen LogP contribution in [-0.4, -0.2) is 74.2 Å². The maximum absolute atomic E-state index is 12.7. The van der Waals surface area contributed by atoms with Crippen LogP contribution in [0.5, 0.6) is 0 Å². The Balaban J connectivity index is 1.52. The number of nitrogens with two attached hydrogens (primary N) is 1. The summed E-state index contributed by atoms with van der Waals surface area (Å²) in [7, 11) is 3.63. The summed E-state index contributed by atoms with van der Waals surface area (Å²) in [6.07, 6.45) is -0.000158. The number of nitrogens with one attached hydrogen (secondary N) is 1. The smallest absolute Gasteiger partial charge is 0.353 e. The maximum Gasteiger partial charge on any atom is 0.353 e. The second-order valence-corrected chi connectivity index (χ2v) is 9.68. The largest absolute Gasteiger partial charge is 0.477 e. The lowest BCUT2D eigenvalue weighted by Crippen LogP contribution is -2.70. The first-order chi connectivity index (χ1) is 14.3. The van der Waals surface area contributed by atoms with Gasteiger partial charge in [0.1, 0.15) is 22.1 Å². The number of carboxylic acids is 1. The van der Waals surface area contributed by atoms with Gasteiger partial charge in [-0.15, -0.1) is 33.3 Å². The molecule has 0 saturated carbocycles. The van der Waals surface area contributed by atoms with Crippen LogP contribution in [0.1, 0.15) is 10.7 Å². The lowest BCUT2D eigenvalue weighted by Gasteiger charge is -2.49. The fraction of sp³-hybridized carbons (Fsp3) is 0.375. The Kier molecular flexibility index (Phi) is 5.38. The number of aliphatic carboxylic acids is 1. The molecule has 0 aromatic carbocycles. The summed E-state index contributed by atoms with van der Waals surface area (Å²) in [5.74, 6) is -1.71. The number of carbonyl (C=O) groups excluding carboxylic acids is 2. The number of thioether (sulfide) groups is 1. The second-order valence-electron chi connectivity index (χ2n) is 6.73. The molecular weight excluding hydrogens is 450 g/mol. The lowest BCUT2D eigenvalue weighted by atomic mass is 10.0. The van der Waals surface area contributed by atoms with Crippen molar-refractivity contribution in [2.75, 3.05) is 30.5 Å². The van der Waals surface area contributed by atoms with Crippen LogP contribution < -0.4 is 16.0 Å². The van der Waals surface area contributed by atoms with Gasteiger partial charge >= 0.3 is 5.97 Å². The van der Waals surface area contributed by atoms with Crippen molar-refractivity contribution in [3.63, 3.8) is 0 Å². The van der Waals surface area contributed by atoms with E-state index in [1.54, 1.807) is 10.3 Å². The topological polar surface area (TPSA) is 155 Å². The van der Waals surface area contributed by atoms with Crippen LogP contribution in [0.15, 0.2) is 11.1 Å². The fourth-order valence-corrected chi connectivity index (χ4v) is 5.91. The van der Waals surface area contributed by atoms with Crippen molar-refractivity contribution < 1.29 is 19.5 Å². The molecule has 0 spiro atoms. The normalized spacial score (nSPS) is 20.6. The van der Waals surface area contributed by atoms with E-state index in [0.29, 0.717) is 32.3 Å². The third-order valence-electron chi connectivity index (χ3n) is 4.45. The van der Waals surface area contributed by atoms with Crippen molar-refractivity contribution in [2.45, 2.75) is 17.8 Å². The van der Waals surface area contributed by atoms with E-state index in [2.05, 4.69) is 20.5 Å². The summed E-state index contributed by atoms with van der Waals surface area (Å²) in [4.78, 5) is 44.0. The Bertz CT molecular complexity index is 1060. The number of hydrogen-bond donors (Lipinski definition) is 3. The molecule has 30 heavy (non-hydrogen) atoms. The minimum absolute atomic E-state index is 0.000158. The monoisotopic (exact) mass is 467 g/mol. The summed E-state index contributed by atoms with van der Waals surface area (Å²) >= 11 is 3.87. The highest BCUT2D eigenvalue weighted by atomic mass is 32.2. The lowest BCUT2D eigenvalue weighted by molar-refractivity contribution is -0.150. The van der Waals surface area contributed by atoms with Gasteiger partial charge in [0, 0.05) is 30.8 Å². The summed E-state index contributed by atoms with van der Waals surface area (Å²) in [6, 6.07) is -0.791. The van der Waals surface area contributed by atoms with E-state index in [0.717, 1.165) is 0 Å². The average molecular weight is 468 g/mol. The highest BCUT2D eigenvalue weighted by molar-refractivity contribution is 8.00. The van der Waals surface area contributed by atoms with E-state index in [4.69, 9.17) is 5.73 Å². The van der Waals surface area contributed by atoms with Gasteiger partial charge in [0.2, 0.25) is 11.0 Å². The standard InChI is InChI=1S/C16H17N7O4S3/c1-22(2)16-21-20-11(30-16)7-5-28-13-9(12(25)23(13)10(7)14(26)27)19-8(24)3-6-4-29-15(17)18-6/h4,9,13H,3,5H2,1-2H3,(H2,17,18)(H,19,24)(H,26,27)/t9?,13-/m0/s1. The van der Waals surface area contributed by atoms with Crippen LogP contribution in [0.2, 0.25) is 0 Å². The van der Waals surface area contributed by atoms with Crippen molar-refractivity contribution in [3.8, 4) is 0 Å². The Morgan fingerprint density at radius 1 is 1.40 bits per heavy atom. The summed E-state index contributed by atoms with van der Waals surface area (Å²) < 4.78 is 0. The number of nitrogens with zero attached hydrogens (tertiary/aromatic N) is 5. The summed E-state index contributed by atoms with van der Waals surface area (Å²) in [5, 5.41) is 23.2. The second kappa shape index (κ2) is 7.85. The van der Waals surface area contributed by atoms with Gasteiger partial charge in [0.05, 0.1) is 12.1 Å². The maximum atomic E-state index is 12.7. The summed E-state index contributed by atoms with van der Waals surface area (Å²) in [5.41, 5.74) is 6.43. The minimum Gasteiger partial charge on any atom is -0.477 e. The molecule has 2 aromatic rings. The van der Waals surface area contributed by atoms with Gasteiger partial charge in [-0.25, -0.2) is 9.78 Å². The first-order valence-electron chi connectivity index (χ1n) is 8.67. The number of thiazole rings is 1. The molecule has 1 saturated heterocycles. The van der Waals surface area contributed by atoms with Crippen LogP contribution in [-0.2, 0) is 20.8 Å². The van der Waals surface area contributed by atoms with E-state index in [9.17, 15) is 19.5 Å². The SMILES string of the molecule is CN(C)c1nnc(C2=C(C(=O)O)N3C(=O)C(NC(=O)Cc4csc(N)n4)[C@@H]3SC2)s1. The Labute approximate surface area is 183 Å². The molecule has 4 rings (SSSR count). The van der Waals surface area contributed by atoms with E-state index < -0.39 is 23.3 Å². The number of hydrogen-bond acceptors (Lipinski definition) is 11. The van der Waals surface area contributed by atoms with E-state index in [1.807, 2.05) is 14.1 Å². The molecule has 4 N–H and O–H groups in total. The molecule has 0 radical (unpaired) electrons. The Morgan fingerprint density at radius 3 is 2.77 bits per heavy atom. The molecule has 14 heteroatoms. The fourth-order valence-electron chi connectivity index (χ4n) is 3.09. The van der Waals surface area contributed by atoms with Crippen molar-refractivity contribution in [1.82, 2.24) is 25.4 Å². The van der Waals surface area contributed by atoms with Crippen LogP contribution in [0.4, 0.5) is 10.3 Å². The zero-order valence-electron chi connectivity index (χ0n) is 15.9. The predicted octanol–water partition coefficient (Wildman–Crippen LogP) is 0.0811. The van der Waals surface area contributed by atoms with Crippen LogP contribution in [0.25, 0.3) is 5.57 Å². The highest BCUT2D eigenvalue weighted by Crippen LogP contribution is 2.44. The van der Waals surface area contributed by atoms with E-state index >= 15 is 0 Å². The van der Waals surface area contributed by atoms with Gasteiger partial charge < -0.3 is 21.1 Å². The quantitative estimate of drug-likeness (QED) is 0.498. The number of nitrogen functional groups attached to an aromatic ring is 1. The molecule has 0 bridgehead atoms. The van der Waals surface area contributed by atoms with Gasteiger partial charge in [0.15, 0.2) is 5.13 Å². The third kappa shape index (κ3) is 3.61. The van der Waals surface area contributed by atoms with Crippen molar-refractivity contribution in [2.24, 2.45) is 0 Å². The molecule has 2 atom stereocenters. The van der Waals surface area contributed by atoms with Crippen molar-refractivity contribution in [1.29, 1.82) is 0 Å². The molecule has 2 amide bonds. The Morgan fingerprint density at radius 2 is 2.17 bits per heavy atom. The molecular formula is C16H17N7O4S3. The molecule has 2 aliphatic heterocycles. The van der Waals surface area contributed by atoms with Crippen molar-refractivity contribution in [3.05, 3.63) is 21.8 Å². The number of anilines is 2. The van der Waals surface area contributed by atoms with Gasteiger partial charge in [-0.05, 0) is 0 Å². The number of fused-ring (bicyclic) bond motifs is 1. The molecule has 4 heterocycles. The van der Waals surface area contributed by atoms with Gasteiger partial charge in [-0.2, -0.15) is 0 Å². The molecule has 158 valence electrons. The zero-order valence-corrected chi connectivity index (χ0v) is 18.3. The third-order valence-corrected chi connectivity index (χ3v) is 7.61. The molecule has 1 fully saturated rings. The van der Waals surface area contributed by atoms with Gasteiger partial charge in [-0.1, -0.05) is 11.3 Å². The number of carbonyl (C=O) groups is 3. The number of amides is 2. The van der Waals surface area contributed by atoms with Crippen LogP contribution in [0, 0.1) is 0 Å². The Hall–Kier alpha value is -2.71. The molecule has 0 aliphatic carbocycles. The van der Waals surface area contributed by atoms with Crippen molar-refractivity contribution >= 4 is 68.1 Å². The van der Waals surface area contributed by atoms with E-state index in [-0.39, 0.29) is 18.0 Å².